The highest BCUT2D eigenvalue weighted by Gasteiger charge is 2.33. The molecule has 0 amide bonds. The molecule has 0 aromatic heterocycles. The molecule has 0 spiro atoms. The van der Waals surface area contributed by atoms with Crippen molar-refractivity contribution in [2.24, 2.45) is 0 Å². The Balaban J connectivity index is 2.13. The molecule has 2 aromatic carbocycles. The van der Waals surface area contributed by atoms with Gasteiger partial charge >= 0.3 is 6.11 Å². The van der Waals surface area contributed by atoms with Crippen LogP contribution in [0.1, 0.15) is 35.1 Å². The number of benzene rings is 2. The SMILES string of the molecule is Cc1ccc(OC(F)(F)CCc2ccc(C)c(C(F)F)c2F)c(F)c1. The topological polar surface area (TPSA) is 9.23 Å². The fourth-order valence-corrected chi connectivity index (χ4v) is 2.38. The van der Waals surface area contributed by atoms with Crippen LogP contribution in [0.15, 0.2) is 30.3 Å². The quantitative estimate of drug-likeness (QED) is 0.562. The summed E-state index contributed by atoms with van der Waals surface area (Å²) in [7, 11) is 0. The first kappa shape index (κ1) is 19.1. The minimum Gasteiger partial charge on any atom is -0.429 e. The molecule has 0 aliphatic carbocycles. The summed E-state index contributed by atoms with van der Waals surface area (Å²) < 4.78 is 85.5. The van der Waals surface area contributed by atoms with Crippen molar-refractivity contribution in [3.05, 3.63) is 64.2 Å². The van der Waals surface area contributed by atoms with Gasteiger partial charge in [0, 0.05) is 0 Å². The van der Waals surface area contributed by atoms with Crippen molar-refractivity contribution in [3.63, 3.8) is 0 Å². The molecule has 0 radical (unpaired) electrons. The van der Waals surface area contributed by atoms with Crippen molar-refractivity contribution in [1.29, 1.82) is 0 Å². The van der Waals surface area contributed by atoms with Gasteiger partial charge in [0.25, 0.3) is 6.43 Å². The third kappa shape index (κ3) is 4.67. The van der Waals surface area contributed by atoms with Gasteiger partial charge in [-0.3, -0.25) is 0 Å². The van der Waals surface area contributed by atoms with Crippen LogP contribution >= 0.6 is 0 Å². The number of hydrogen-bond acceptors (Lipinski definition) is 1. The first-order valence-corrected chi connectivity index (χ1v) is 7.50. The second-order valence-electron chi connectivity index (χ2n) is 5.74. The predicted octanol–water partition coefficient (Wildman–Crippen LogP) is 6.12. The van der Waals surface area contributed by atoms with Crippen LogP contribution in [-0.4, -0.2) is 6.11 Å². The van der Waals surface area contributed by atoms with Gasteiger partial charge in [-0.15, -0.1) is 0 Å². The maximum atomic E-state index is 14.1. The number of aryl methyl sites for hydroxylation is 3. The Morgan fingerprint density at radius 3 is 2.32 bits per heavy atom. The van der Waals surface area contributed by atoms with Crippen LogP contribution in [0.3, 0.4) is 0 Å². The lowest BCUT2D eigenvalue weighted by molar-refractivity contribution is -0.181. The molecule has 1 nitrogen and oxygen atoms in total. The minimum atomic E-state index is -3.78. The zero-order chi connectivity index (χ0) is 18.8. The smallest absolute Gasteiger partial charge is 0.398 e. The summed E-state index contributed by atoms with van der Waals surface area (Å²) in [6, 6.07) is 5.95. The third-order valence-electron chi connectivity index (χ3n) is 3.73. The molecule has 0 heterocycles. The Morgan fingerprint density at radius 2 is 1.72 bits per heavy atom. The molecule has 0 N–H and O–H groups in total. The van der Waals surface area contributed by atoms with Gasteiger partial charge in [0.1, 0.15) is 5.82 Å². The molecule has 0 fully saturated rings. The van der Waals surface area contributed by atoms with Crippen LogP contribution in [0.5, 0.6) is 5.75 Å². The van der Waals surface area contributed by atoms with Gasteiger partial charge in [0.2, 0.25) is 0 Å². The van der Waals surface area contributed by atoms with Gasteiger partial charge in [-0.05, 0) is 49.1 Å². The van der Waals surface area contributed by atoms with E-state index in [-0.39, 0.29) is 11.1 Å². The summed E-state index contributed by atoms with van der Waals surface area (Å²) in [6.45, 7) is 2.90. The zero-order valence-electron chi connectivity index (χ0n) is 13.6. The highest BCUT2D eigenvalue weighted by molar-refractivity contribution is 5.34. The van der Waals surface area contributed by atoms with Gasteiger partial charge in [0.15, 0.2) is 11.6 Å². The normalized spacial score (nSPS) is 11.9. The second-order valence-corrected chi connectivity index (χ2v) is 5.74. The Hall–Kier alpha value is -2.18. The van der Waals surface area contributed by atoms with E-state index in [0.29, 0.717) is 5.56 Å². The monoisotopic (exact) mass is 362 g/mol. The van der Waals surface area contributed by atoms with E-state index in [9.17, 15) is 26.3 Å². The highest BCUT2D eigenvalue weighted by Crippen LogP contribution is 2.31. The van der Waals surface area contributed by atoms with Crippen molar-refractivity contribution in [1.82, 2.24) is 0 Å². The summed E-state index contributed by atoms with van der Waals surface area (Å²) >= 11 is 0. The Bertz CT molecular complexity index is 757. The van der Waals surface area contributed by atoms with E-state index in [1.807, 2.05) is 0 Å². The number of rotatable bonds is 6. The molecule has 0 saturated carbocycles. The maximum Gasteiger partial charge on any atom is 0.398 e. The molecule has 2 rings (SSSR count). The molecular formula is C18H16F6O. The molecule has 0 aliphatic heterocycles. The summed E-state index contributed by atoms with van der Waals surface area (Å²) in [6.07, 6.45) is -8.34. The Morgan fingerprint density at radius 1 is 1.04 bits per heavy atom. The van der Waals surface area contributed by atoms with Crippen molar-refractivity contribution < 1.29 is 31.1 Å². The van der Waals surface area contributed by atoms with Gasteiger partial charge in [-0.2, -0.15) is 8.78 Å². The average Bonchev–Trinajstić information content (AvgIpc) is 2.49. The molecule has 0 bridgehead atoms. The molecule has 0 unspecified atom stereocenters. The molecule has 0 saturated heterocycles. The molecular weight excluding hydrogens is 346 g/mol. The predicted molar refractivity (Wildman–Crippen MR) is 81.1 cm³/mol. The van der Waals surface area contributed by atoms with Crippen LogP contribution in [0, 0.1) is 25.5 Å². The highest BCUT2D eigenvalue weighted by atomic mass is 19.3. The van der Waals surface area contributed by atoms with Gasteiger partial charge in [-0.25, -0.2) is 17.6 Å². The first-order valence-electron chi connectivity index (χ1n) is 7.50. The average molecular weight is 362 g/mol. The first-order chi connectivity index (χ1) is 11.6. The van der Waals surface area contributed by atoms with Crippen LogP contribution in [0.2, 0.25) is 0 Å². The Labute approximate surface area is 141 Å². The van der Waals surface area contributed by atoms with E-state index in [1.165, 1.54) is 25.1 Å². The summed E-state index contributed by atoms with van der Waals surface area (Å²) in [5.74, 6) is -2.78. The molecule has 2 aromatic rings. The molecule has 0 aliphatic rings. The van der Waals surface area contributed by atoms with E-state index >= 15 is 0 Å². The van der Waals surface area contributed by atoms with Gasteiger partial charge < -0.3 is 4.74 Å². The Kier molecular flexibility index (Phi) is 5.65. The minimum absolute atomic E-state index is 0.0426. The van der Waals surface area contributed by atoms with Crippen molar-refractivity contribution >= 4 is 0 Å². The summed E-state index contributed by atoms with van der Waals surface area (Å²) in [5, 5.41) is 0. The standard InChI is InChI=1S/C18H16F6O/c1-10-3-6-14(13(19)9-10)25-18(23,24)8-7-12-5-4-11(2)15(16(12)20)17(21)22/h3-6,9,17H,7-8H2,1-2H3. The molecule has 25 heavy (non-hydrogen) atoms. The largest absolute Gasteiger partial charge is 0.429 e. The number of halogens is 6. The summed E-state index contributed by atoms with van der Waals surface area (Å²) in [5.41, 5.74) is -0.490. The third-order valence-corrected chi connectivity index (χ3v) is 3.73. The number of hydrogen-bond donors (Lipinski definition) is 0. The van der Waals surface area contributed by atoms with E-state index in [0.717, 1.165) is 12.1 Å². The zero-order valence-corrected chi connectivity index (χ0v) is 13.6. The fraction of sp³-hybridized carbons (Fsp3) is 0.333. The van der Waals surface area contributed by atoms with Gasteiger partial charge in [0.05, 0.1) is 12.0 Å². The number of alkyl halides is 4. The lowest BCUT2D eigenvalue weighted by Gasteiger charge is -2.19. The van der Waals surface area contributed by atoms with Crippen LogP contribution in [0.4, 0.5) is 26.3 Å². The fourth-order valence-electron chi connectivity index (χ4n) is 2.38. The summed E-state index contributed by atoms with van der Waals surface area (Å²) in [4.78, 5) is 0. The second kappa shape index (κ2) is 7.37. The van der Waals surface area contributed by atoms with Crippen molar-refractivity contribution in [2.45, 2.75) is 39.2 Å². The van der Waals surface area contributed by atoms with E-state index in [2.05, 4.69) is 4.74 Å². The van der Waals surface area contributed by atoms with E-state index in [4.69, 9.17) is 0 Å². The lowest BCUT2D eigenvalue weighted by atomic mass is 10.0. The lowest BCUT2D eigenvalue weighted by Crippen LogP contribution is -2.26. The molecule has 7 heteroatoms. The van der Waals surface area contributed by atoms with E-state index < -0.39 is 48.3 Å². The van der Waals surface area contributed by atoms with E-state index in [1.54, 1.807) is 6.92 Å². The van der Waals surface area contributed by atoms with Gasteiger partial charge in [-0.1, -0.05) is 18.2 Å². The van der Waals surface area contributed by atoms with Crippen molar-refractivity contribution in [3.8, 4) is 5.75 Å². The number of ether oxygens (including phenoxy) is 1. The van der Waals surface area contributed by atoms with Crippen LogP contribution < -0.4 is 4.74 Å². The molecule has 136 valence electrons. The van der Waals surface area contributed by atoms with Crippen LogP contribution in [-0.2, 0) is 6.42 Å². The maximum absolute atomic E-state index is 14.1. The van der Waals surface area contributed by atoms with Crippen molar-refractivity contribution in [2.75, 3.05) is 0 Å². The van der Waals surface area contributed by atoms with Crippen LogP contribution in [0.25, 0.3) is 0 Å². The molecule has 0 atom stereocenters.